The number of nitrogens with zero attached hydrogens (tertiary/aromatic N) is 1. The number of quaternary nitrogens is 1. The van der Waals surface area contributed by atoms with Crippen LogP contribution in [0.4, 0.5) is 26.3 Å². The molecule has 164 valence electrons. The quantitative estimate of drug-likeness (QED) is 0.137. The van der Waals surface area contributed by atoms with E-state index in [4.69, 9.17) is 11.6 Å². The van der Waals surface area contributed by atoms with Crippen LogP contribution in [0.1, 0.15) is 35.1 Å². The molecule has 0 atom stereocenters. The Kier molecular flexibility index (Phi) is 7.64. The van der Waals surface area contributed by atoms with Crippen molar-refractivity contribution in [1.29, 1.82) is 0 Å². The van der Waals surface area contributed by atoms with Gasteiger partial charge in [0.25, 0.3) is 0 Å². The summed E-state index contributed by atoms with van der Waals surface area (Å²) in [6.45, 7) is 0.785. The Hall–Kier alpha value is -1.99. The molecule has 0 amide bonds. The van der Waals surface area contributed by atoms with Crippen LogP contribution in [-0.4, -0.2) is 31.1 Å². The van der Waals surface area contributed by atoms with Crippen LogP contribution in [0.15, 0.2) is 54.6 Å². The third kappa shape index (κ3) is 6.77. The molecule has 0 fully saturated rings. The van der Waals surface area contributed by atoms with Crippen LogP contribution in [0.5, 0.6) is 0 Å². The highest BCUT2D eigenvalue weighted by molar-refractivity contribution is 6.16. The highest BCUT2D eigenvalue weighted by Crippen LogP contribution is 2.33. The lowest BCUT2D eigenvalue weighted by Crippen LogP contribution is -2.38. The first-order valence-electron chi connectivity index (χ1n) is 9.27. The highest BCUT2D eigenvalue weighted by Gasteiger charge is 2.31. The minimum Gasteiger partial charge on any atom is -0.316 e. The zero-order chi connectivity index (χ0) is 22.6. The lowest BCUT2D eigenvalue weighted by Gasteiger charge is -2.26. The molecule has 30 heavy (non-hydrogen) atoms. The molecule has 0 radical (unpaired) electrons. The van der Waals surface area contributed by atoms with Gasteiger partial charge in [0, 0.05) is 6.42 Å². The number of rotatable bonds is 7. The Morgan fingerprint density at radius 1 is 0.800 bits per heavy atom. The minimum absolute atomic E-state index is 0.439. The van der Waals surface area contributed by atoms with Crippen LogP contribution in [0.25, 0.3) is 5.57 Å². The molecule has 0 aliphatic rings. The molecular formula is C22H23ClF6N+. The lowest BCUT2D eigenvalue weighted by molar-refractivity contribution is -0.879. The van der Waals surface area contributed by atoms with Crippen molar-refractivity contribution in [3.8, 4) is 0 Å². The molecule has 0 bridgehead atoms. The summed E-state index contributed by atoms with van der Waals surface area (Å²) in [4.78, 5) is 0. The van der Waals surface area contributed by atoms with E-state index >= 15 is 0 Å². The Bertz CT molecular complexity index is 790. The van der Waals surface area contributed by atoms with Crippen molar-refractivity contribution in [3.63, 3.8) is 0 Å². The fourth-order valence-corrected chi connectivity index (χ4v) is 3.02. The summed E-state index contributed by atoms with van der Waals surface area (Å²) in [5.41, 5.74) is 0.0506. The largest absolute Gasteiger partial charge is 0.416 e. The van der Waals surface area contributed by atoms with Crippen molar-refractivity contribution in [3.05, 3.63) is 76.9 Å². The van der Waals surface area contributed by atoms with Crippen molar-refractivity contribution >= 4 is 17.2 Å². The molecule has 0 N–H and O–H groups in total. The third-order valence-electron chi connectivity index (χ3n) is 4.69. The van der Waals surface area contributed by atoms with Crippen molar-refractivity contribution in [1.82, 2.24) is 0 Å². The summed E-state index contributed by atoms with van der Waals surface area (Å²) in [5, 5.41) is 0. The summed E-state index contributed by atoms with van der Waals surface area (Å²) in [6, 6.07) is 9.68. The van der Waals surface area contributed by atoms with E-state index in [0.29, 0.717) is 33.6 Å². The van der Waals surface area contributed by atoms with Gasteiger partial charge < -0.3 is 4.48 Å². The van der Waals surface area contributed by atoms with Crippen LogP contribution >= 0.6 is 11.6 Å². The first kappa shape index (κ1) is 24.3. The van der Waals surface area contributed by atoms with Gasteiger partial charge in [-0.1, -0.05) is 41.9 Å². The number of halogens is 7. The number of allylic oxidation sites excluding steroid dienone is 1. The van der Waals surface area contributed by atoms with Crippen LogP contribution in [-0.2, 0) is 12.4 Å². The molecule has 0 aliphatic heterocycles. The molecule has 2 aromatic rings. The van der Waals surface area contributed by atoms with E-state index in [1.54, 1.807) is 0 Å². The second-order valence-electron chi connectivity index (χ2n) is 7.69. The summed E-state index contributed by atoms with van der Waals surface area (Å²) < 4.78 is 77.8. The molecule has 0 aromatic heterocycles. The SMILES string of the molecule is C[N+](C)(CCl)CCCC=C(c1ccc(C(F)(F)F)cc1)c1ccc(C(F)(F)F)cc1. The van der Waals surface area contributed by atoms with Crippen LogP contribution in [0.2, 0.25) is 0 Å². The van der Waals surface area contributed by atoms with Crippen molar-refractivity contribution < 1.29 is 30.8 Å². The fraction of sp³-hybridized carbons (Fsp3) is 0.364. The summed E-state index contributed by atoms with van der Waals surface area (Å²) in [5.74, 6) is 0. The van der Waals surface area contributed by atoms with Crippen LogP contribution in [0, 0.1) is 0 Å². The van der Waals surface area contributed by atoms with Gasteiger partial charge in [0.1, 0.15) is 0 Å². The van der Waals surface area contributed by atoms with Crippen molar-refractivity contribution in [2.75, 3.05) is 26.6 Å². The fourth-order valence-electron chi connectivity index (χ4n) is 2.91. The topological polar surface area (TPSA) is 0 Å². The van der Waals surface area contributed by atoms with Gasteiger partial charge >= 0.3 is 12.4 Å². The molecule has 2 rings (SSSR count). The Morgan fingerprint density at radius 2 is 1.20 bits per heavy atom. The standard InChI is InChI=1S/C22H23ClF6N/c1-30(2,15-23)14-4-3-5-20(16-6-10-18(11-7-16)21(24,25)26)17-8-12-19(13-9-17)22(27,28)29/h5-13H,3-4,14-15H2,1-2H3/q+1. The molecule has 0 spiro atoms. The van der Waals surface area contributed by atoms with Gasteiger partial charge in [0.2, 0.25) is 0 Å². The summed E-state index contributed by atoms with van der Waals surface area (Å²) >= 11 is 5.90. The second-order valence-corrected chi connectivity index (χ2v) is 7.93. The molecule has 0 unspecified atom stereocenters. The van der Waals surface area contributed by atoms with E-state index in [0.717, 1.165) is 37.2 Å². The molecule has 8 heteroatoms. The maximum atomic E-state index is 12.9. The van der Waals surface area contributed by atoms with Gasteiger partial charge in [-0.2, -0.15) is 26.3 Å². The second kappa shape index (κ2) is 9.43. The first-order chi connectivity index (χ1) is 13.8. The smallest absolute Gasteiger partial charge is 0.316 e. The number of benzene rings is 2. The predicted molar refractivity (Wildman–Crippen MR) is 107 cm³/mol. The van der Waals surface area contributed by atoms with Gasteiger partial charge in [-0.15, -0.1) is 0 Å². The third-order valence-corrected chi connectivity index (χ3v) is 5.33. The minimum atomic E-state index is -4.46. The zero-order valence-corrected chi connectivity index (χ0v) is 17.4. The van der Waals surface area contributed by atoms with Gasteiger partial charge in [-0.05, 0) is 47.4 Å². The number of alkyl halides is 7. The molecule has 0 saturated carbocycles. The molecule has 0 saturated heterocycles. The molecular weight excluding hydrogens is 428 g/mol. The zero-order valence-electron chi connectivity index (χ0n) is 16.6. The van der Waals surface area contributed by atoms with E-state index in [1.807, 2.05) is 20.2 Å². The molecule has 2 aromatic carbocycles. The van der Waals surface area contributed by atoms with Gasteiger partial charge in [-0.3, -0.25) is 0 Å². The first-order valence-corrected chi connectivity index (χ1v) is 9.80. The highest BCUT2D eigenvalue weighted by atomic mass is 35.5. The Morgan fingerprint density at radius 3 is 1.53 bits per heavy atom. The Labute approximate surface area is 177 Å². The Balaban J connectivity index is 2.34. The number of hydrogen-bond acceptors (Lipinski definition) is 0. The van der Waals surface area contributed by atoms with Crippen molar-refractivity contribution in [2.24, 2.45) is 0 Å². The maximum absolute atomic E-state index is 12.9. The van der Waals surface area contributed by atoms with E-state index in [2.05, 4.69) is 0 Å². The molecule has 0 aliphatic carbocycles. The summed E-state index contributed by atoms with van der Waals surface area (Å²) in [7, 11) is 3.95. The van der Waals surface area contributed by atoms with Gasteiger partial charge in [0.05, 0.1) is 31.8 Å². The van der Waals surface area contributed by atoms with Crippen LogP contribution < -0.4 is 0 Å². The average Bonchev–Trinajstić information content (AvgIpc) is 2.67. The molecule has 1 nitrogen and oxygen atoms in total. The van der Waals surface area contributed by atoms with E-state index in [9.17, 15) is 26.3 Å². The maximum Gasteiger partial charge on any atom is 0.416 e. The van der Waals surface area contributed by atoms with Crippen molar-refractivity contribution in [2.45, 2.75) is 25.2 Å². The lowest BCUT2D eigenvalue weighted by atomic mass is 9.94. The van der Waals surface area contributed by atoms with Crippen LogP contribution in [0.3, 0.4) is 0 Å². The van der Waals surface area contributed by atoms with Gasteiger partial charge in [-0.25, -0.2) is 0 Å². The van der Waals surface area contributed by atoms with E-state index < -0.39 is 23.5 Å². The number of unbranched alkanes of at least 4 members (excludes halogenated alkanes) is 1. The normalized spacial score (nSPS) is 12.7. The van der Waals surface area contributed by atoms with Gasteiger partial charge in [0.15, 0.2) is 6.00 Å². The molecule has 0 heterocycles. The van der Waals surface area contributed by atoms with E-state index in [1.165, 1.54) is 24.3 Å². The average molecular weight is 451 g/mol. The summed E-state index contributed by atoms with van der Waals surface area (Å²) in [6.07, 6.45) is -5.69. The van der Waals surface area contributed by atoms with E-state index in [-0.39, 0.29) is 0 Å². The predicted octanol–water partition coefficient (Wildman–Crippen LogP) is 7.21. The number of hydrogen-bond donors (Lipinski definition) is 0. The monoisotopic (exact) mass is 450 g/mol.